The Bertz CT molecular complexity index is 318. The van der Waals surface area contributed by atoms with Crippen molar-refractivity contribution in [1.82, 2.24) is 4.90 Å². The van der Waals surface area contributed by atoms with Crippen molar-refractivity contribution in [2.75, 3.05) is 13.2 Å². The fourth-order valence-corrected chi connectivity index (χ4v) is 2.06. The van der Waals surface area contributed by atoms with Crippen molar-refractivity contribution < 1.29 is 19.4 Å². The van der Waals surface area contributed by atoms with Crippen LogP contribution in [0.15, 0.2) is 0 Å². The van der Waals surface area contributed by atoms with Gasteiger partial charge in [-0.3, -0.25) is 9.59 Å². The molecule has 1 rings (SSSR count). The Hall–Kier alpha value is -1.10. The van der Waals surface area contributed by atoms with Crippen LogP contribution in [-0.4, -0.2) is 46.7 Å². The van der Waals surface area contributed by atoms with Crippen LogP contribution >= 0.6 is 0 Å². The minimum absolute atomic E-state index is 0.0331. The van der Waals surface area contributed by atoms with Gasteiger partial charge in [-0.05, 0) is 40.0 Å². The van der Waals surface area contributed by atoms with E-state index in [1.54, 1.807) is 25.7 Å². The van der Waals surface area contributed by atoms with Gasteiger partial charge in [-0.25, -0.2) is 0 Å². The molecule has 1 aliphatic rings. The summed E-state index contributed by atoms with van der Waals surface area (Å²) in [6.45, 7) is 5.74. The molecule has 110 valence electrons. The van der Waals surface area contributed by atoms with E-state index in [0.29, 0.717) is 6.54 Å². The number of carbonyl (C=O) groups excluding carboxylic acids is 2. The lowest BCUT2D eigenvalue weighted by Gasteiger charge is -2.37. The molecule has 1 fully saturated rings. The zero-order valence-electron chi connectivity index (χ0n) is 12.1. The van der Waals surface area contributed by atoms with Crippen molar-refractivity contribution in [3.63, 3.8) is 0 Å². The quantitative estimate of drug-likeness (QED) is 0.743. The zero-order chi connectivity index (χ0) is 14.5. The van der Waals surface area contributed by atoms with Crippen molar-refractivity contribution in [1.29, 1.82) is 0 Å². The number of hydrogen-bond donors (Lipinski definition) is 1. The molecule has 1 N–H and O–H groups in total. The number of hydrogen-bond acceptors (Lipinski definition) is 4. The van der Waals surface area contributed by atoms with Crippen molar-refractivity contribution in [2.45, 2.75) is 64.5 Å². The van der Waals surface area contributed by atoms with Crippen LogP contribution in [0, 0.1) is 0 Å². The summed E-state index contributed by atoms with van der Waals surface area (Å²) >= 11 is 0. The van der Waals surface area contributed by atoms with Gasteiger partial charge in [-0.15, -0.1) is 0 Å². The van der Waals surface area contributed by atoms with Crippen LogP contribution in [0.1, 0.15) is 52.9 Å². The summed E-state index contributed by atoms with van der Waals surface area (Å²) in [5.41, 5.74) is -0.515. The van der Waals surface area contributed by atoms with E-state index >= 15 is 0 Å². The predicted octanol–water partition coefficient (Wildman–Crippen LogP) is 1.48. The maximum Gasteiger partial charge on any atom is 0.306 e. The third kappa shape index (κ3) is 5.59. The first-order valence-electron chi connectivity index (χ1n) is 6.95. The first kappa shape index (κ1) is 16.0. The molecule has 0 aromatic carbocycles. The summed E-state index contributed by atoms with van der Waals surface area (Å²) in [4.78, 5) is 25.3. The summed E-state index contributed by atoms with van der Waals surface area (Å²) in [6, 6.07) is 0.248. The van der Waals surface area contributed by atoms with Crippen LogP contribution in [0.25, 0.3) is 0 Å². The van der Waals surface area contributed by atoms with Gasteiger partial charge in [0.2, 0.25) is 5.91 Å². The molecule has 0 aromatic heterocycles. The van der Waals surface area contributed by atoms with E-state index in [1.807, 2.05) is 0 Å². The van der Waals surface area contributed by atoms with Gasteiger partial charge in [0.25, 0.3) is 0 Å². The number of ether oxygens (including phenoxy) is 1. The van der Waals surface area contributed by atoms with Crippen molar-refractivity contribution in [3.8, 4) is 0 Å². The fraction of sp³-hybridized carbons (Fsp3) is 0.857. The molecule has 1 amide bonds. The minimum atomic E-state index is -0.515. The Kier molecular flexibility index (Phi) is 5.79. The van der Waals surface area contributed by atoms with Crippen molar-refractivity contribution >= 4 is 11.9 Å². The van der Waals surface area contributed by atoms with Gasteiger partial charge >= 0.3 is 5.97 Å². The number of esters is 1. The second kappa shape index (κ2) is 6.89. The Balaban J connectivity index is 2.37. The Morgan fingerprint density at radius 1 is 1.26 bits per heavy atom. The molecule has 5 nitrogen and oxygen atoms in total. The lowest BCUT2D eigenvalue weighted by molar-refractivity contribution is -0.156. The van der Waals surface area contributed by atoms with E-state index in [9.17, 15) is 9.59 Å². The third-order valence-electron chi connectivity index (χ3n) is 3.14. The van der Waals surface area contributed by atoms with Gasteiger partial charge in [0.05, 0.1) is 13.0 Å². The average Bonchev–Trinajstić information content (AvgIpc) is 2.20. The van der Waals surface area contributed by atoms with E-state index in [4.69, 9.17) is 9.84 Å². The number of aliphatic hydroxyl groups excluding tert-OH is 1. The van der Waals surface area contributed by atoms with E-state index in [-0.39, 0.29) is 37.4 Å². The number of carbonyl (C=O) groups is 2. The standard InChI is InChI=1S/C14H25NO4/c1-14(2,3)19-13(18)8-7-12(17)15(9-10-16)11-5-4-6-11/h11,16H,4-10H2,1-3H3. The SMILES string of the molecule is CC(C)(C)OC(=O)CCC(=O)N(CCO)C1CCC1. The first-order valence-corrected chi connectivity index (χ1v) is 6.95. The second-order valence-electron chi connectivity index (χ2n) is 5.98. The summed E-state index contributed by atoms with van der Waals surface area (Å²) in [6.07, 6.45) is 3.39. The molecular formula is C14H25NO4. The highest BCUT2D eigenvalue weighted by Crippen LogP contribution is 2.25. The number of nitrogens with zero attached hydrogens (tertiary/aromatic N) is 1. The largest absolute Gasteiger partial charge is 0.460 e. The lowest BCUT2D eigenvalue weighted by atomic mass is 9.91. The molecule has 0 aromatic rings. The maximum atomic E-state index is 12.0. The normalized spacial score (nSPS) is 15.8. The summed E-state index contributed by atoms with van der Waals surface area (Å²) in [5, 5.41) is 9.00. The van der Waals surface area contributed by atoms with E-state index in [2.05, 4.69) is 0 Å². The smallest absolute Gasteiger partial charge is 0.306 e. The fourth-order valence-electron chi connectivity index (χ4n) is 2.06. The topological polar surface area (TPSA) is 66.8 Å². The van der Waals surface area contributed by atoms with Crippen LogP contribution in [0.3, 0.4) is 0 Å². The lowest BCUT2D eigenvalue weighted by Crippen LogP contribution is -2.45. The molecule has 5 heteroatoms. The Labute approximate surface area is 114 Å². The van der Waals surface area contributed by atoms with Crippen molar-refractivity contribution in [3.05, 3.63) is 0 Å². The van der Waals surface area contributed by atoms with Gasteiger partial charge in [0, 0.05) is 19.0 Å². The number of rotatable bonds is 6. The van der Waals surface area contributed by atoms with Gasteiger partial charge < -0.3 is 14.7 Å². The molecule has 0 saturated heterocycles. The van der Waals surface area contributed by atoms with Crippen LogP contribution in [0.2, 0.25) is 0 Å². The molecule has 1 saturated carbocycles. The summed E-state index contributed by atoms with van der Waals surface area (Å²) in [7, 11) is 0. The molecule has 0 aliphatic heterocycles. The Morgan fingerprint density at radius 2 is 1.89 bits per heavy atom. The monoisotopic (exact) mass is 271 g/mol. The molecule has 19 heavy (non-hydrogen) atoms. The predicted molar refractivity (Wildman–Crippen MR) is 71.5 cm³/mol. The highest BCUT2D eigenvalue weighted by atomic mass is 16.6. The molecule has 0 bridgehead atoms. The van der Waals surface area contributed by atoms with Crippen LogP contribution in [0.4, 0.5) is 0 Å². The van der Waals surface area contributed by atoms with E-state index < -0.39 is 5.60 Å². The first-order chi connectivity index (χ1) is 8.83. The average molecular weight is 271 g/mol. The zero-order valence-corrected chi connectivity index (χ0v) is 12.1. The molecule has 0 heterocycles. The van der Waals surface area contributed by atoms with Gasteiger partial charge in [0.1, 0.15) is 5.60 Å². The third-order valence-corrected chi connectivity index (χ3v) is 3.14. The molecular weight excluding hydrogens is 246 g/mol. The molecule has 0 unspecified atom stereocenters. The highest BCUT2D eigenvalue weighted by Gasteiger charge is 2.28. The Morgan fingerprint density at radius 3 is 2.32 bits per heavy atom. The highest BCUT2D eigenvalue weighted by molar-refractivity contribution is 5.81. The van der Waals surface area contributed by atoms with Gasteiger partial charge in [0.15, 0.2) is 0 Å². The van der Waals surface area contributed by atoms with E-state index in [0.717, 1.165) is 19.3 Å². The van der Waals surface area contributed by atoms with Crippen LogP contribution < -0.4 is 0 Å². The summed E-state index contributed by atoms with van der Waals surface area (Å²) in [5.74, 6) is -0.414. The molecule has 0 atom stereocenters. The summed E-state index contributed by atoms with van der Waals surface area (Å²) < 4.78 is 5.17. The van der Waals surface area contributed by atoms with Crippen molar-refractivity contribution in [2.24, 2.45) is 0 Å². The van der Waals surface area contributed by atoms with Gasteiger partial charge in [-0.1, -0.05) is 0 Å². The number of aliphatic hydroxyl groups is 1. The maximum absolute atomic E-state index is 12.0. The number of amides is 1. The minimum Gasteiger partial charge on any atom is -0.460 e. The molecule has 0 radical (unpaired) electrons. The molecule has 1 aliphatic carbocycles. The van der Waals surface area contributed by atoms with Crippen LogP contribution in [-0.2, 0) is 14.3 Å². The molecule has 0 spiro atoms. The second-order valence-corrected chi connectivity index (χ2v) is 5.98. The van der Waals surface area contributed by atoms with Crippen LogP contribution in [0.5, 0.6) is 0 Å². The van der Waals surface area contributed by atoms with Gasteiger partial charge in [-0.2, -0.15) is 0 Å². The van der Waals surface area contributed by atoms with E-state index in [1.165, 1.54) is 0 Å².